The van der Waals surface area contributed by atoms with Gasteiger partial charge in [0.2, 0.25) is 0 Å². The van der Waals surface area contributed by atoms with Crippen LogP contribution in [0.25, 0.3) is 0 Å². The Morgan fingerprint density at radius 2 is 2.64 bits per heavy atom. The zero-order valence-electron chi connectivity index (χ0n) is 5.78. The number of H-pyrrole nitrogens is 1. The number of aromatic amines is 1. The number of rotatable bonds is 3. The van der Waals surface area contributed by atoms with E-state index in [1.54, 1.807) is 6.20 Å². The first kappa shape index (κ1) is 7.74. The number of carboxylic acid groups (broad SMARTS) is 1. The van der Waals surface area contributed by atoms with Crippen LogP contribution < -0.4 is 10.8 Å². The van der Waals surface area contributed by atoms with E-state index in [1.807, 2.05) is 0 Å². The van der Waals surface area contributed by atoms with Crippen LogP contribution in [0.2, 0.25) is 0 Å². The SMILES string of the molecule is NC(Cc1ncc[nH]1)C(=O)[O-]. The second-order valence-electron chi connectivity index (χ2n) is 2.17. The molecule has 3 N–H and O–H groups in total. The van der Waals surface area contributed by atoms with Gasteiger partial charge in [0.1, 0.15) is 5.82 Å². The van der Waals surface area contributed by atoms with E-state index in [0.29, 0.717) is 5.82 Å². The molecule has 0 saturated heterocycles. The van der Waals surface area contributed by atoms with E-state index in [1.165, 1.54) is 6.20 Å². The molecular weight excluding hydrogens is 146 g/mol. The first-order chi connectivity index (χ1) is 5.20. The molecule has 0 spiro atoms. The van der Waals surface area contributed by atoms with Gasteiger partial charge in [0, 0.05) is 18.8 Å². The molecule has 1 aromatic heterocycles. The van der Waals surface area contributed by atoms with Gasteiger partial charge in [0.15, 0.2) is 0 Å². The molecule has 1 heterocycles. The van der Waals surface area contributed by atoms with E-state index in [0.717, 1.165) is 0 Å². The minimum Gasteiger partial charge on any atom is -0.548 e. The number of aliphatic carboxylic acids is 1. The molecule has 5 heteroatoms. The van der Waals surface area contributed by atoms with Crippen molar-refractivity contribution in [1.82, 2.24) is 9.97 Å². The second kappa shape index (κ2) is 3.16. The molecule has 0 bridgehead atoms. The Balaban J connectivity index is 2.50. The summed E-state index contributed by atoms with van der Waals surface area (Å²) in [6.45, 7) is 0. The molecular formula is C6H8N3O2-. The zero-order chi connectivity index (χ0) is 8.27. The molecule has 1 unspecified atom stereocenters. The van der Waals surface area contributed by atoms with Crippen LogP contribution in [-0.4, -0.2) is 22.0 Å². The molecule has 1 aromatic rings. The summed E-state index contributed by atoms with van der Waals surface area (Å²) in [5.41, 5.74) is 5.19. The van der Waals surface area contributed by atoms with E-state index >= 15 is 0 Å². The molecule has 0 aromatic carbocycles. The molecule has 0 fully saturated rings. The number of aromatic nitrogens is 2. The molecule has 5 nitrogen and oxygen atoms in total. The van der Waals surface area contributed by atoms with Gasteiger partial charge in [-0.2, -0.15) is 0 Å². The van der Waals surface area contributed by atoms with Crippen LogP contribution in [-0.2, 0) is 11.2 Å². The highest BCUT2D eigenvalue weighted by Crippen LogP contribution is 1.92. The number of hydrogen-bond donors (Lipinski definition) is 2. The molecule has 11 heavy (non-hydrogen) atoms. The Labute approximate surface area is 63.3 Å². The van der Waals surface area contributed by atoms with Crippen molar-refractivity contribution in [3.05, 3.63) is 18.2 Å². The quantitative estimate of drug-likeness (QED) is 0.528. The molecule has 0 aliphatic carbocycles. The van der Waals surface area contributed by atoms with Crippen LogP contribution in [0.5, 0.6) is 0 Å². The topological polar surface area (TPSA) is 94.8 Å². The van der Waals surface area contributed by atoms with Crippen LogP contribution in [0.4, 0.5) is 0 Å². The largest absolute Gasteiger partial charge is 0.548 e. The Bertz CT molecular complexity index is 232. The van der Waals surface area contributed by atoms with Crippen molar-refractivity contribution in [2.75, 3.05) is 0 Å². The van der Waals surface area contributed by atoms with Crippen molar-refractivity contribution in [1.29, 1.82) is 0 Å². The molecule has 0 saturated carbocycles. The molecule has 0 amide bonds. The number of hydrogen-bond acceptors (Lipinski definition) is 4. The highest BCUT2D eigenvalue weighted by molar-refractivity contribution is 5.71. The van der Waals surface area contributed by atoms with Crippen molar-refractivity contribution < 1.29 is 9.90 Å². The minimum atomic E-state index is -1.26. The Morgan fingerprint density at radius 1 is 1.91 bits per heavy atom. The number of carbonyl (C=O) groups excluding carboxylic acids is 1. The van der Waals surface area contributed by atoms with E-state index in [4.69, 9.17) is 5.73 Å². The smallest absolute Gasteiger partial charge is 0.107 e. The Hall–Kier alpha value is -1.36. The fourth-order valence-corrected chi connectivity index (χ4v) is 0.701. The van der Waals surface area contributed by atoms with E-state index < -0.39 is 12.0 Å². The monoisotopic (exact) mass is 154 g/mol. The van der Waals surface area contributed by atoms with Crippen molar-refractivity contribution in [3.8, 4) is 0 Å². The van der Waals surface area contributed by atoms with Crippen LogP contribution in [0.1, 0.15) is 5.82 Å². The summed E-state index contributed by atoms with van der Waals surface area (Å²) in [4.78, 5) is 16.7. The van der Waals surface area contributed by atoms with Gasteiger partial charge in [0.05, 0.1) is 12.0 Å². The lowest BCUT2D eigenvalue weighted by molar-refractivity contribution is -0.307. The summed E-state index contributed by atoms with van der Waals surface area (Å²) >= 11 is 0. The van der Waals surface area contributed by atoms with Gasteiger partial charge in [-0.1, -0.05) is 0 Å². The van der Waals surface area contributed by atoms with Gasteiger partial charge >= 0.3 is 0 Å². The molecule has 0 aliphatic heterocycles. The average molecular weight is 154 g/mol. The van der Waals surface area contributed by atoms with E-state index in [2.05, 4.69) is 9.97 Å². The lowest BCUT2D eigenvalue weighted by Gasteiger charge is -2.09. The molecule has 60 valence electrons. The highest BCUT2D eigenvalue weighted by atomic mass is 16.4. The highest BCUT2D eigenvalue weighted by Gasteiger charge is 2.05. The van der Waals surface area contributed by atoms with Crippen LogP contribution in [0, 0.1) is 0 Å². The molecule has 1 rings (SSSR count). The van der Waals surface area contributed by atoms with Crippen LogP contribution in [0.3, 0.4) is 0 Å². The zero-order valence-corrected chi connectivity index (χ0v) is 5.78. The number of carboxylic acids is 1. The average Bonchev–Trinajstić information content (AvgIpc) is 2.39. The predicted octanol–water partition coefficient (Wildman–Crippen LogP) is -1.97. The van der Waals surface area contributed by atoms with Gasteiger partial charge in [-0.05, 0) is 0 Å². The van der Waals surface area contributed by atoms with Crippen molar-refractivity contribution in [2.24, 2.45) is 5.73 Å². The summed E-state index contributed by atoms with van der Waals surface area (Å²) in [6, 6.07) is -0.985. The summed E-state index contributed by atoms with van der Waals surface area (Å²) in [7, 11) is 0. The molecule has 1 atom stereocenters. The third kappa shape index (κ3) is 2.05. The van der Waals surface area contributed by atoms with Gasteiger partial charge in [0.25, 0.3) is 0 Å². The maximum absolute atomic E-state index is 10.1. The summed E-state index contributed by atoms with van der Waals surface area (Å²) in [5, 5.41) is 10.1. The number of imidazole rings is 1. The van der Waals surface area contributed by atoms with Gasteiger partial charge in [-0.25, -0.2) is 4.98 Å². The normalized spacial score (nSPS) is 12.8. The van der Waals surface area contributed by atoms with Crippen molar-refractivity contribution in [2.45, 2.75) is 12.5 Å². The maximum atomic E-state index is 10.1. The van der Waals surface area contributed by atoms with Crippen molar-refractivity contribution >= 4 is 5.97 Å². The number of carbonyl (C=O) groups is 1. The molecule has 0 radical (unpaired) electrons. The van der Waals surface area contributed by atoms with Crippen molar-refractivity contribution in [3.63, 3.8) is 0 Å². The lowest BCUT2D eigenvalue weighted by atomic mass is 10.2. The summed E-state index contributed by atoms with van der Waals surface area (Å²) in [5.74, 6) is -0.705. The first-order valence-corrected chi connectivity index (χ1v) is 3.15. The predicted molar refractivity (Wildman–Crippen MR) is 35.3 cm³/mol. The second-order valence-corrected chi connectivity index (χ2v) is 2.17. The Kier molecular flexibility index (Phi) is 2.22. The fourth-order valence-electron chi connectivity index (χ4n) is 0.701. The fraction of sp³-hybridized carbons (Fsp3) is 0.333. The van der Waals surface area contributed by atoms with E-state index in [9.17, 15) is 9.90 Å². The number of nitrogens with zero attached hydrogens (tertiary/aromatic N) is 1. The number of nitrogens with two attached hydrogens (primary N) is 1. The Morgan fingerprint density at radius 3 is 3.09 bits per heavy atom. The maximum Gasteiger partial charge on any atom is 0.107 e. The van der Waals surface area contributed by atoms with Gasteiger partial charge in [-0.15, -0.1) is 0 Å². The first-order valence-electron chi connectivity index (χ1n) is 3.15. The van der Waals surface area contributed by atoms with Gasteiger partial charge in [-0.3, -0.25) is 0 Å². The number of nitrogens with one attached hydrogen (secondary N) is 1. The van der Waals surface area contributed by atoms with Gasteiger partial charge < -0.3 is 20.6 Å². The molecule has 0 aliphatic rings. The van der Waals surface area contributed by atoms with Crippen LogP contribution >= 0.6 is 0 Å². The van der Waals surface area contributed by atoms with E-state index in [-0.39, 0.29) is 6.42 Å². The third-order valence-electron chi connectivity index (χ3n) is 1.27. The minimum absolute atomic E-state index is 0.176. The standard InChI is InChI=1S/C6H9N3O2/c7-4(6(10)11)3-5-8-1-2-9-5/h1-2,4H,3,7H2,(H,8,9)(H,10,11)/p-1. The van der Waals surface area contributed by atoms with Crippen LogP contribution in [0.15, 0.2) is 12.4 Å². The summed E-state index contributed by atoms with van der Waals surface area (Å²) in [6.07, 6.45) is 3.32. The summed E-state index contributed by atoms with van der Waals surface area (Å²) < 4.78 is 0. The third-order valence-corrected chi connectivity index (χ3v) is 1.27. The lowest BCUT2D eigenvalue weighted by Crippen LogP contribution is -2.43.